The van der Waals surface area contributed by atoms with Crippen LogP contribution >= 0.6 is 0 Å². The maximum absolute atomic E-state index is 15.5. The lowest BCUT2D eigenvalue weighted by atomic mass is 9.87. The Hall–Kier alpha value is -2.80. The molecule has 34 heavy (non-hydrogen) atoms. The van der Waals surface area contributed by atoms with E-state index in [9.17, 15) is 9.18 Å². The maximum atomic E-state index is 15.5. The number of carbonyl (C=O) groups excluding carboxylic acids is 1. The third kappa shape index (κ3) is 4.99. The van der Waals surface area contributed by atoms with Gasteiger partial charge >= 0.3 is 0 Å². The highest BCUT2D eigenvalue weighted by Gasteiger charge is 2.41. The Morgan fingerprint density at radius 1 is 1.18 bits per heavy atom. The number of unbranched alkanes of at least 4 members (excludes halogenated alkanes) is 2. The number of rotatable bonds is 9. The van der Waals surface area contributed by atoms with Crippen molar-refractivity contribution in [1.82, 2.24) is 9.88 Å². The van der Waals surface area contributed by atoms with Gasteiger partial charge in [0.05, 0.1) is 12.6 Å². The van der Waals surface area contributed by atoms with Crippen LogP contribution in [0.5, 0.6) is 5.75 Å². The number of carbonyl (C=O) groups is 1. The number of aromatic nitrogens is 1. The molecule has 0 unspecified atom stereocenters. The topological polar surface area (TPSA) is 45.3 Å². The molecule has 7 heteroatoms. The molecule has 0 bridgehead atoms. The van der Waals surface area contributed by atoms with Crippen molar-refractivity contribution in [2.24, 2.45) is 0 Å². The molecule has 0 fully saturated rings. The van der Waals surface area contributed by atoms with Crippen LogP contribution in [0, 0.1) is 11.6 Å². The van der Waals surface area contributed by atoms with Crippen molar-refractivity contribution in [3.8, 4) is 5.75 Å². The average molecular weight is 473 g/mol. The summed E-state index contributed by atoms with van der Waals surface area (Å²) in [5.41, 5.74) is 0.936. The number of aldehydes is 1. The lowest BCUT2D eigenvalue weighted by Gasteiger charge is -2.43. The first-order chi connectivity index (χ1) is 16.2. The standard InChI is InChI=1S/C27H31F3N2O2/c1-17-13-20-19-9-5-6-10-23(19)31-25(20)26(32(17)16-27(2,3)30)24-21(28)14-18(15-22(24)29)34-12-8-4-7-11-33/h5-6,9-11,14-15,17,26,31H,4,7-8,12-13,16H2,1-3H3/t17-,26-/m1/s1. The first-order valence-corrected chi connectivity index (χ1v) is 11.8. The molecule has 3 aromatic rings. The molecule has 0 amide bonds. The number of para-hydroxylation sites is 1. The van der Waals surface area contributed by atoms with Crippen LogP contribution in [0.25, 0.3) is 10.9 Å². The molecule has 2 aromatic carbocycles. The van der Waals surface area contributed by atoms with Crippen molar-refractivity contribution >= 4 is 17.2 Å². The molecule has 1 N–H and O–H groups in total. The Labute approximate surface area is 198 Å². The van der Waals surface area contributed by atoms with E-state index in [1.54, 1.807) is 0 Å². The minimum atomic E-state index is -1.55. The lowest BCUT2D eigenvalue weighted by Crippen LogP contribution is -2.48. The van der Waals surface area contributed by atoms with Crippen molar-refractivity contribution in [3.63, 3.8) is 0 Å². The molecule has 1 aliphatic heterocycles. The third-order valence-electron chi connectivity index (χ3n) is 6.39. The van der Waals surface area contributed by atoms with Crippen LogP contribution in [0.1, 0.15) is 62.9 Å². The fourth-order valence-corrected chi connectivity index (χ4v) is 4.92. The van der Waals surface area contributed by atoms with Crippen LogP contribution in [-0.2, 0) is 11.2 Å². The zero-order chi connectivity index (χ0) is 24.5. The third-order valence-corrected chi connectivity index (χ3v) is 6.39. The fraction of sp³-hybridized carbons (Fsp3) is 0.444. The number of hydrogen-bond donors (Lipinski definition) is 1. The Morgan fingerprint density at radius 2 is 1.88 bits per heavy atom. The smallest absolute Gasteiger partial charge is 0.135 e. The van der Waals surface area contributed by atoms with Crippen LogP contribution in [0.3, 0.4) is 0 Å². The summed E-state index contributed by atoms with van der Waals surface area (Å²) in [5, 5.41) is 1.02. The summed E-state index contributed by atoms with van der Waals surface area (Å²) in [6, 6.07) is 9.24. The highest BCUT2D eigenvalue weighted by atomic mass is 19.1. The molecule has 0 spiro atoms. The zero-order valence-corrected chi connectivity index (χ0v) is 19.8. The number of fused-ring (bicyclic) bond motifs is 3. The summed E-state index contributed by atoms with van der Waals surface area (Å²) < 4.78 is 51.4. The molecule has 2 heterocycles. The normalized spacial score (nSPS) is 18.8. The monoisotopic (exact) mass is 472 g/mol. The Kier molecular flexibility index (Phi) is 7.03. The van der Waals surface area contributed by atoms with Gasteiger partial charge in [-0.1, -0.05) is 18.2 Å². The average Bonchev–Trinajstić information content (AvgIpc) is 3.12. The maximum Gasteiger partial charge on any atom is 0.135 e. The van der Waals surface area contributed by atoms with E-state index in [1.165, 1.54) is 26.0 Å². The number of hydrogen-bond acceptors (Lipinski definition) is 3. The molecule has 1 aliphatic rings. The number of halogens is 3. The van der Waals surface area contributed by atoms with E-state index in [1.807, 2.05) is 36.1 Å². The molecule has 0 radical (unpaired) electrons. The van der Waals surface area contributed by atoms with Crippen molar-refractivity contribution in [1.29, 1.82) is 0 Å². The Morgan fingerprint density at radius 3 is 2.56 bits per heavy atom. The molecule has 182 valence electrons. The van der Waals surface area contributed by atoms with Gasteiger partial charge in [0.25, 0.3) is 0 Å². The fourth-order valence-electron chi connectivity index (χ4n) is 4.92. The first kappa shape index (κ1) is 24.3. The minimum Gasteiger partial charge on any atom is -0.493 e. The summed E-state index contributed by atoms with van der Waals surface area (Å²) in [6.07, 6.45) is 3.18. The molecule has 1 aromatic heterocycles. The van der Waals surface area contributed by atoms with Gasteiger partial charge in [0.2, 0.25) is 0 Å². The van der Waals surface area contributed by atoms with Gasteiger partial charge < -0.3 is 14.5 Å². The van der Waals surface area contributed by atoms with Gasteiger partial charge in [0, 0.05) is 53.3 Å². The highest BCUT2D eigenvalue weighted by Crippen LogP contribution is 2.43. The second-order valence-corrected chi connectivity index (χ2v) is 9.72. The summed E-state index contributed by atoms with van der Waals surface area (Å²) in [4.78, 5) is 15.6. The van der Waals surface area contributed by atoms with Gasteiger partial charge in [0.15, 0.2) is 0 Å². The number of aromatic amines is 1. The van der Waals surface area contributed by atoms with E-state index in [0.717, 1.165) is 22.8 Å². The van der Waals surface area contributed by atoms with Gasteiger partial charge in [-0.3, -0.25) is 4.90 Å². The molecule has 0 saturated carbocycles. The number of nitrogens with one attached hydrogen (secondary N) is 1. The molecule has 4 rings (SSSR count). The van der Waals surface area contributed by atoms with Crippen LogP contribution in [0.4, 0.5) is 13.2 Å². The predicted octanol–water partition coefficient (Wildman–Crippen LogP) is 6.28. The number of ether oxygens (including phenoxy) is 1. The highest BCUT2D eigenvalue weighted by molar-refractivity contribution is 5.85. The lowest BCUT2D eigenvalue weighted by molar-refractivity contribution is -0.107. The Bertz CT molecular complexity index is 1150. The second-order valence-electron chi connectivity index (χ2n) is 9.72. The van der Waals surface area contributed by atoms with Crippen molar-refractivity contribution in [3.05, 3.63) is 64.9 Å². The van der Waals surface area contributed by atoms with Gasteiger partial charge in [-0.2, -0.15) is 0 Å². The van der Waals surface area contributed by atoms with E-state index >= 15 is 8.78 Å². The minimum absolute atomic E-state index is 0.0293. The van der Waals surface area contributed by atoms with Gasteiger partial charge in [-0.05, 0) is 51.7 Å². The largest absolute Gasteiger partial charge is 0.493 e. The molecular formula is C27H31F3N2O2. The predicted molar refractivity (Wildman–Crippen MR) is 127 cm³/mol. The molecule has 2 atom stereocenters. The molecule has 0 aliphatic carbocycles. The van der Waals surface area contributed by atoms with Gasteiger partial charge in [-0.15, -0.1) is 0 Å². The summed E-state index contributed by atoms with van der Waals surface area (Å²) in [7, 11) is 0. The number of alkyl halides is 1. The van der Waals surface area contributed by atoms with Crippen molar-refractivity contribution in [2.75, 3.05) is 13.2 Å². The van der Waals surface area contributed by atoms with Crippen LogP contribution < -0.4 is 4.74 Å². The SMILES string of the molecule is C[C@@H]1Cc2c([nH]c3ccccc23)[C@@H](c2c(F)cc(OCCCCC=O)cc2F)N1CC(C)(C)F. The van der Waals surface area contributed by atoms with Crippen molar-refractivity contribution < 1.29 is 22.7 Å². The quantitative estimate of drug-likeness (QED) is 0.295. The first-order valence-electron chi connectivity index (χ1n) is 11.8. The number of nitrogens with zero attached hydrogens (tertiary/aromatic N) is 1. The van der Waals surface area contributed by atoms with E-state index in [0.29, 0.717) is 31.4 Å². The van der Waals surface area contributed by atoms with Crippen LogP contribution in [0.15, 0.2) is 36.4 Å². The molecule has 0 saturated heterocycles. The molecule has 4 nitrogen and oxygen atoms in total. The van der Waals surface area contributed by atoms with Crippen LogP contribution in [0.2, 0.25) is 0 Å². The summed E-state index contributed by atoms with van der Waals surface area (Å²) >= 11 is 0. The van der Waals surface area contributed by atoms with Gasteiger partial charge in [0.1, 0.15) is 29.3 Å². The van der Waals surface area contributed by atoms with E-state index in [4.69, 9.17) is 4.74 Å². The van der Waals surface area contributed by atoms with E-state index in [-0.39, 0.29) is 30.5 Å². The number of benzene rings is 2. The zero-order valence-electron chi connectivity index (χ0n) is 19.8. The van der Waals surface area contributed by atoms with E-state index < -0.39 is 23.3 Å². The van der Waals surface area contributed by atoms with Crippen molar-refractivity contribution in [2.45, 2.75) is 64.2 Å². The molecular weight excluding hydrogens is 441 g/mol. The summed E-state index contributed by atoms with van der Waals surface area (Å²) in [5.74, 6) is -1.36. The Balaban J connectivity index is 1.75. The van der Waals surface area contributed by atoms with Gasteiger partial charge in [-0.25, -0.2) is 13.2 Å². The van der Waals surface area contributed by atoms with Crippen LogP contribution in [-0.4, -0.2) is 41.0 Å². The van der Waals surface area contributed by atoms with E-state index in [2.05, 4.69) is 4.98 Å². The summed E-state index contributed by atoms with van der Waals surface area (Å²) in [6.45, 7) is 5.22. The number of H-pyrrole nitrogens is 1. The second kappa shape index (κ2) is 9.82.